The van der Waals surface area contributed by atoms with E-state index < -0.39 is 6.10 Å². The lowest BCUT2D eigenvalue weighted by atomic mass is 10.4. The molecule has 1 atom stereocenters. The molecule has 1 rings (SSSR count). The number of hydrogen-bond acceptors (Lipinski definition) is 3. The van der Waals surface area contributed by atoms with Crippen LogP contribution in [-0.2, 0) is 7.05 Å². The second kappa shape index (κ2) is 2.26. The fourth-order valence-corrected chi connectivity index (χ4v) is 0.733. The molecule has 0 saturated heterocycles. The van der Waals surface area contributed by atoms with Gasteiger partial charge in [0.1, 0.15) is 6.10 Å². The minimum atomic E-state index is -0.705. The van der Waals surface area contributed by atoms with Crippen molar-refractivity contribution in [1.29, 1.82) is 0 Å². The zero-order valence-electron chi connectivity index (χ0n) is 5.83. The van der Waals surface area contributed by atoms with Gasteiger partial charge in [0.15, 0.2) is 5.82 Å². The molecular weight excluding hydrogens is 134 g/mol. The van der Waals surface area contributed by atoms with Crippen LogP contribution in [0.1, 0.15) is 18.9 Å². The van der Waals surface area contributed by atoms with E-state index in [4.69, 9.17) is 5.11 Å². The summed E-state index contributed by atoms with van der Waals surface area (Å²) >= 11 is 0. The van der Waals surface area contributed by atoms with Crippen LogP contribution in [-0.4, -0.2) is 19.9 Å². The van der Waals surface area contributed by atoms with Crippen molar-refractivity contribution in [3.05, 3.63) is 16.3 Å². The number of aromatic nitrogens is 3. The van der Waals surface area contributed by atoms with Crippen LogP contribution in [0.15, 0.2) is 4.79 Å². The summed E-state index contributed by atoms with van der Waals surface area (Å²) in [5.74, 6) is 0.352. The fourth-order valence-electron chi connectivity index (χ4n) is 0.733. The highest BCUT2D eigenvalue weighted by Gasteiger charge is 2.08. The van der Waals surface area contributed by atoms with E-state index in [0.717, 1.165) is 0 Å². The van der Waals surface area contributed by atoms with E-state index in [1.54, 1.807) is 14.0 Å². The van der Waals surface area contributed by atoms with Gasteiger partial charge in [-0.15, -0.1) is 0 Å². The monoisotopic (exact) mass is 143 g/mol. The predicted molar refractivity (Wildman–Crippen MR) is 34.5 cm³/mol. The largest absolute Gasteiger partial charge is 0.385 e. The molecule has 0 aromatic carbocycles. The third-order valence-corrected chi connectivity index (χ3v) is 1.29. The van der Waals surface area contributed by atoms with Gasteiger partial charge in [-0.1, -0.05) is 0 Å². The van der Waals surface area contributed by atoms with Gasteiger partial charge < -0.3 is 5.11 Å². The fraction of sp³-hybridized carbons (Fsp3) is 0.600. The Morgan fingerprint density at radius 1 is 1.80 bits per heavy atom. The van der Waals surface area contributed by atoms with Crippen LogP contribution < -0.4 is 5.69 Å². The van der Waals surface area contributed by atoms with E-state index in [2.05, 4.69) is 10.2 Å². The van der Waals surface area contributed by atoms with Crippen molar-refractivity contribution in [3.8, 4) is 0 Å². The summed E-state index contributed by atoms with van der Waals surface area (Å²) in [5, 5.41) is 14.8. The topological polar surface area (TPSA) is 70.9 Å². The molecule has 0 aliphatic carbocycles. The molecule has 0 bridgehead atoms. The molecule has 0 saturated carbocycles. The molecule has 1 aromatic heterocycles. The normalized spacial score (nSPS) is 13.5. The van der Waals surface area contributed by atoms with Gasteiger partial charge in [-0.2, -0.15) is 5.10 Å². The first kappa shape index (κ1) is 7.01. The molecule has 1 aromatic rings. The highest BCUT2D eigenvalue weighted by molar-refractivity contribution is 4.87. The summed E-state index contributed by atoms with van der Waals surface area (Å²) in [5.41, 5.74) is -0.309. The maximum Gasteiger partial charge on any atom is 0.343 e. The van der Waals surface area contributed by atoms with E-state index in [-0.39, 0.29) is 5.69 Å². The van der Waals surface area contributed by atoms with Crippen LogP contribution in [0.25, 0.3) is 0 Å². The lowest BCUT2D eigenvalue weighted by molar-refractivity contribution is 0.184. The maximum atomic E-state index is 10.7. The molecule has 0 fully saturated rings. The molecule has 1 heterocycles. The number of aliphatic hydroxyl groups excluding tert-OH is 1. The van der Waals surface area contributed by atoms with Gasteiger partial charge in [0, 0.05) is 7.05 Å². The van der Waals surface area contributed by atoms with Gasteiger partial charge >= 0.3 is 5.69 Å². The smallest absolute Gasteiger partial charge is 0.343 e. The zero-order valence-corrected chi connectivity index (χ0v) is 5.83. The van der Waals surface area contributed by atoms with Crippen molar-refractivity contribution in [1.82, 2.24) is 14.8 Å². The second-order valence-corrected chi connectivity index (χ2v) is 2.12. The molecule has 2 N–H and O–H groups in total. The first-order valence-corrected chi connectivity index (χ1v) is 2.92. The summed E-state index contributed by atoms with van der Waals surface area (Å²) in [6, 6.07) is 0. The number of H-pyrrole nitrogens is 1. The van der Waals surface area contributed by atoms with Gasteiger partial charge in [-0.25, -0.2) is 9.89 Å². The first-order valence-electron chi connectivity index (χ1n) is 2.92. The van der Waals surface area contributed by atoms with Gasteiger partial charge in [-0.3, -0.25) is 4.57 Å². The van der Waals surface area contributed by atoms with Gasteiger partial charge in [0.25, 0.3) is 0 Å². The molecule has 0 aliphatic heterocycles. The van der Waals surface area contributed by atoms with Crippen molar-refractivity contribution < 1.29 is 5.11 Å². The SMILES string of the molecule is CC(O)c1n[nH]c(=O)n1C. The van der Waals surface area contributed by atoms with Gasteiger partial charge in [0.2, 0.25) is 0 Å². The number of rotatable bonds is 1. The Morgan fingerprint density at radius 3 is 2.60 bits per heavy atom. The Balaban J connectivity index is 3.18. The van der Waals surface area contributed by atoms with Crippen LogP contribution in [0.4, 0.5) is 0 Å². The van der Waals surface area contributed by atoms with Crippen LogP contribution in [0.2, 0.25) is 0 Å². The number of aromatic amines is 1. The van der Waals surface area contributed by atoms with Crippen molar-refractivity contribution in [2.24, 2.45) is 7.05 Å². The van der Waals surface area contributed by atoms with Crippen LogP contribution in [0, 0.1) is 0 Å². The molecular formula is C5H9N3O2. The summed E-state index contributed by atoms with van der Waals surface area (Å²) < 4.78 is 1.27. The van der Waals surface area contributed by atoms with E-state index in [1.165, 1.54) is 4.57 Å². The molecule has 5 heteroatoms. The number of aliphatic hydroxyl groups is 1. The Hall–Kier alpha value is -1.10. The molecule has 0 aliphatic rings. The second-order valence-electron chi connectivity index (χ2n) is 2.12. The van der Waals surface area contributed by atoms with Crippen molar-refractivity contribution in [2.45, 2.75) is 13.0 Å². The quantitative estimate of drug-likeness (QED) is 0.538. The van der Waals surface area contributed by atoms with Crippen molar-refractivity contribution >= 4 is 0 Å². The Kier molecular flexibility index (Phi) is 1.58. The Bertz CT molecular complexity index is 273. The average molecular weight is 143 g/mol. The van der Waals surface area contributed by atoms with E-state index in [9.17, 15) is 4.79 Å². The third kappa shape index (κ3) is 0.950. The highest BCUT2D eigenvalue weighted by Crippen LogP contribution is 2.02. The summed E-state index contributed by atoms with van der Waals surface area (Å²) in [6.45, 7) is 1.55. The van der Waals surface area contributed by atoms with Crippen LogP contribution in [0.3, 0.4) is 0 Å². The summed E-state index contributed by atoms with van der Waals surface area (Å²) in [4.78, 5) is 10.7. The summed E-state index contributed by atoms with van der Waals surface area (Å²) in [7, 11) is 1.55. The molecule has 10 heavy (non-hydrogen) atoms. The van der Waals surface area contributed by atoms with Gasteiger partial charge in [0.05, 0.1) is 0 Å². The van der Waals surface area contributed by atoms with E-state index in [0.29, 0.717) is 5.82 Å². The maximum absolute atomic E-state index is 10.7. The van der Waals surface area contributed by atoms with Crippen molar-refractivity contribution in [2.75, 3.05) is 0 Å². The molecule has 0 radical (unpaired) electrons. The molecule has 0 spiro atoms. The Morgan fingerprint density at radius 2 is 2.40 bits per heavy atom. The average Bonchev–Trinajstić information content (AvgIpc) is 2.14. The van der Waals surface area contributed by atoms with E-state index in [1.807, 2.05) is 0 Å². The number of hydrogen-bond donors (Lipinski definition) is 2. The molecule has 0 amide bonds. The molecule has 5 nitrogen and oxygen atoms in total. The zero-order chi connectivity index (χ0) is 7.72. The van der Waals surface area contributed by atoms with Crippen LogP contribution >= 0.6 is 0 Å². The molecule has 1 unspecified atom stereocenters. The first-order chi connectivity index (χ1) is 4.63. The number of nitrogens with zero attached hydrogens (tertiary/aromatic N) is 2. The van der Waals surface area contributed by atoms with Gasteiger partial charge in [-0.05, 0) is 6.92 Å². The van der Waals surface area contributed by atoms with E-state index >= 15 is 0 Å². The standard InChI is InChI=1S/C5H9N3O2/c1-3(9)4-6-7-5(10)8(4)2/h3,9H,1-2H3,(H,7,10). The Labute approximate surface area is 57.3 Å². The lowest BCUT2D eigenvalue weighted by Crippen LogP contribution is -2.15. The predicted octanol–water partition coefficient (Wildman–Crippen LogP) is -0.838. The highest BCUT2D eigenvalue weighted by atomic mass is 16.3. The van der Waals surface area contributed by atoms with Crippen molar-refractivity contribution in [3.63, 3.8) is 0 Å². The third-order valence-electron chi connectivity index (χ3n) is 1.29. The summed E-state index contributed by atoms with van der Waals surface area (Å²) in [6.07, 6.45) is -0.705. The molecule has 56 valence electrons. The lowest BCUT2D eigenvalue weighted by Gasteiger charge is -1.99. The van der Waals surface area contributed by atoms with Crippen LogP contribution in [0.5, 0.6) is 0 Å². The number of nitrogens with one attached hydrogen (secondary N) is 1. The minimum Gasteiger partial charge on any atom is -0.385 e. The minimum absolute atomic E-state index is 0.309.